The third-order valence-electron chi connectivity index (χ3n) is 5.09. The van der Waals surface area contributed by atoms with E-state index in [-0.39, 0.29) is 10.6 Å². The molecule has 0 aromatic heterocycles. The molecule has 1 heterocycles. The van der Waals surface area contributed by atoms with Crippen LogP contribution in [0, 0.1) is 5.92 Å². The second kappa shape index (κ2) is 3.81. The highest BCUT2D eigenvalue weighted by Crippen LogP contribution is 2.52. The Morgan fingerprint density at radius 3 is 2.35 bits per heavy atom. The van der Waals surface area contributed by atoms with Gasteiger partial charge in [-0.25, -0.2) is 0 Å². The van der Waals surface area contributed by atoms with E-state index >= 15 is 0 Å². The summed E-state index contributed by atoms with van der Waals surface area (Å²) in [6.07, 6.45) is 3.16. The average molecular weight is 256 g/mol. The molecule has 0 unspecified atom stereocenters. The Morgan fingerprint density at radius 1 is 1.24 bits per heavy atom. The molecule has 17 heavy (non-hydrogen) atoms. The highest BCUT2D eigenvalue weighted by atomic mass is 28.4. The smallest absolute Gasteiger partial charge is 0.192 e. The van der Waals surface area contributed by atoms with Gasteiger partial charge in [-0.05, 0) is 43.8 Å². The first-order chi connectivity index (χ1) is 7.56. The van der Waals surface area contributed by atoms with Crippen LogP contribution in [-0.4, -0.2) is 26.1 Å². The molecule has 4 atom stereocenters. The zero-order valence-corrected chi connectivity index (χ0v) is 13.5. The normalized spacial score (nSPS) is 42.2. The van der Waals surface area contributed by atoms with Gasteiger partial charge >= 0.3 is 0 Å². The number of rotatable bonds is 2. The van der Waals surface area contributed by atoms with Gasteiger partial charge in [0.15, 0.2) is 8.32 Å². The summed E-state index contributed by atoms with van der Waals surface area (Å²) in [7, 11) is -1.66. The van der Waals surface area contributed by atoms with E-state index < -0.39 is 8.32 Å². The summed E-state index contributed by atoms with van der Waals surface area (Å²) >= 11 is 0. The number of fused-ring (bicyclic) bond motifs is 1. The van der Waals surface area contributed by atoms with Crippen LogP contribution in [0.25, 0.3) is 0 Å². The predicted molar refractivity (Wildman–Crippen MR) is 73.7 cm³/mol. The Kier molecular flexibility index (Phi) is 3.04. The number of epoxide rings is 1. The third kappa shape index (κ3) is 2.34. The molecule has 100 valence electrons. The molecule has 0 N–H and O–H groups in total. The Balaban J connectivity index is 2.08. The summed E-state index contributed by atoms with van der Waals surface area (Å²) in [5.41, 5.74) is 0.0298. The molecule has 0 aromatic rings. The van der Waals surface area contributed by atoms with Crippen molar-refractivity contribution in [3.63, 3.8) is 0 Å². The van der Waals surface area contributed by atoms with E-state index in [1.165, 1.54) is 12.8 Å². The van der Waals surface area contributed by atoms with E-state index in [2.05, 4.69) is 47.7 Å². The Labute approximate surface area is 107 Å². The molecule has 1 aliphatic carbocycles. The van der Waals surface area contributed by atoms with E-state index in [0.29, 0.717) is 12.2 Å². The maximum Gasteiger partial charge on any atom is 0.192 e. The minimum atomic E-state index is -1.66. The summed E-state index contributed by atoms with van der Waals surface area (Å²) in [4.78, 5) is 0. The maximum absolute atomic E-state index is 6.58. The monoisotopic (exact) mass is 256 g/mol. The Bertz CT molecular complexity index is 308. The van der Waals surface area contributed by atoms with Crippen LogP contribution in [0.2, 0.25) is 18.1 Å². The lowest BCUT2D eigenvalue weighted by Gasteiger charge is -2.42. The SMILES string of the molecule is C[C@@H]1C[C@H](O[Si](C)(C)C(C)(C)C)[C@]2(C)O[C@@H]2C1. The van der Waals surface area contributed by atoms with Crippen LogP contribution in [0.15, 0.2) is 0 Å². The molecule has 1 saturated heterocycles. The van der Waals surface area contributed by atoms with Crippen molar-refractivity contribution in [1.82, 2.24) is 0 Å². The Hall–Kier alpha value is 0.137. The van der Waals surface area contributed by atoms with Crippen molar-refractivity contribution in [2.24, 2.45) is 5.92 Å². The highest BCUT2D eigenvalue weighted by molar-refractivity contribution is 6.74. The lowest BCUT2D eigenvalue weighted by atomic mass is 9.82. The summed E-state index contributed by atoms with van der Waals surface area (Å²) < 4.78 is 12.5. The molecule has 3 heteroatoms. The van der Waals surface area contributed by atoms with Gasteiger partial charge in [-0.15, -0.1) is 0 Å². The van der Waals surface area contributed by atoms with Crippen LogP contribution >= 0.6 is 0 Å². The zero-order chi connectivity index (χ0) is 13.1. The van der Waals surface area contributed by atoms with Gasteiger partial charge in [0.1, 0.15) is 5.60 Å². The number of hydrogen-bond acceptors (Lipinski definition) is 2. The topological polar surface area (TPSA) is 21.8 Å². The van der Waals surface area contributed by atoms with Crippen molar-refractivity contribution in [1.29, 1.82) is 0 Å². The van der Waals surface area contributed by atoms with Crippen LogP contribution in [0.1, 0.15) is 47.5 Å². The second-order valence-electron chi connectivity index (χ2n) is 7.73. The van der Waals surface area contributed by atoms with Crippen LogP contribution in [0.5, 0.6) is 0 Å². The number of ether oxygens (including phenoxy) is 1. The van der Waals surface area contributed by atoms with Crippen LogP contribution in [-0.2, 0) is 9.16 Å². The van der Waals surface area contributed by atoms with Crippen molar-refractivity contribution < 1.29 is 9.16 Å². The summed E-state index contributed by atoms with van der Waals surface area (Å²) in [6, 6.07) is 0. The molecule has 0 radical (unpaired) electrons. The van der Waals surface area contributed by atoms with Crippen molar-refractivity contribution in [2.75, 3.05) is 0 Å². The summed E-state index contributed by atoms with van der Waals surface area (Å²) in [6.45, 7) is 16.2. The summed E-state index contributed by atoms with van der Waals surface area (Å²) in [5, 5.41) is 0.286. The number of hydrogen-bond donors (Lipinski definition) is 0. The zero-order valence-electron chi connectivity index (χ0n) is 12.5. The van der Waals surface area contributed by atoms with E-state index in [1.807, 2.05) is 0 Å². The van der Waals surface area contributed by atoms with Gasteiger partial charge in [0.25, 0.3) is 0 Å². The fraction of sp³-hybridized carbons (Fsp3) is 1.00. The van der Waals surface area contributed by atoms with Crippen molar-refractivity contribution in [2.45, 2.75) is 83.4 Å². The van der Waals surface area contributed by atoms with E-state index in [9.17, 15) is 0 Å². The first kappa shape index (κ1) is 13.6. The highest BCUT2D eigenvalue weighted by Gasteiger charge is 2.62. The standard InChI is InChI=1S/C14H28O2Si/c1-10-8-11-14(5,15-11)12(9-10)16-17(6,7)13(2,3)4/h10-12H,8-9H2,1-7H3/t10-,11+,12-,14+/m0/s1. The first-order valence-electron chi connectivity index (χ1n) is 6.92. The quantitative estimate of drug-likeness (QED) is 0.551. The fourth-order valence-electron chi connectivity index (χ4n) is 2.60. The lowest BCUT2D eigenvalue weighted by molar-refractivity contribution is 0.0709. The van der Waals surface area contributed by atoms with Crippen molar-refractivity contribution >= 4 is 8.32 Å². The van der Waals surface area contributed by atoms with E-state index in [0.717, 1.165) is 5.92 Å². The molecule has 1 saturated carbocycles. The maximum atomic E-state index is 6.58. The van der Waals surface area contributed by atoms with Gasteiger partial charge in [-0.2, -0.15) is 0 Å². The molecule has 0 aromatic carbocycles. The molecule has 2 aliphatic rings. The fourth-order valence-corrected chi connectivity index (χ4v) is 3.99. The van der Waals surface area contributed by atoms with Gasteiger partial charge in [0.2, 0.25) is 0 Å². The van der Waals surface area contributed by atoms with Crippen LogP contribution in [0.4, 0.5) is 0 Å². The third-order valence-corrected chi connectivity index (χ3v) is 9.58. The second-order valence-corrected chi connectivity index (χ2v) is 12.5. The van der Waals surface area contributed by atoms with Crippen LogP contribution in [0.3, 0.4) is 0 Å². The minimum absolute atomic E-state index is 0.0298. The molecule has 1 aliphatic heterocycles. The van der Waals surface area contributed by atoms with Crippen molar-refractivity contribution in [3.05, 3.63) is 0 Å². The predicted octanol–water partition coefficient (Wildman–Crippen LogP) is 3.96. The van der Waals surface area contributed by atoms with E-state index in [1.54, 1.807) is 0 Å². The Morgan fingerprint density at radius 2 is 1.82 bits per heavy atom. The molecule has 0 bridgehead atoms. The largest absolute Gasteiger partial charge is 0.411 e. The van der Waals surface area contributed by atoms with E-state index in [4.69, 9.17) is 9.16 Å². The molecule has 0 amide bonds. The molecule has 2 nitrogen and oxygen atoms in total. The van der Waals surface area contributed by atoms with Gasteiger partial charge < -0.3 is 9.16 Å². The van der Waals surface area contributed by atoms with Crippen molar-refractivity contribution in [3.8, 4) is 0 Å². The average Bonchev–Trinajstić information content (AvgIpc) is 2.74. The first-order valence-corrected chi connectivity index (χ1v) is 9.83. The van der Waals surface area contributed by atoms with Gasteiger partial charge in [-0.1, -0.05) is 27.7 Å². The van der Waals surface area contributed by atoms with Gasteiger partial charge in [0, 0.05) is 0 Å². The van der Waals surface area contributed by atoms with Gasteiger partial charge in [0.05, 0.1) is 12.2 Å². The molecule has 2 rings (SSSR count). The molecular weight excluding hydrogens is 228 g/mol. The lowest BCUT2D eigenvalue weighted by Crippen LogP contribution is -2.49. The molecular formula is C14H28O2Si. The van der Waals surface area contributed by atoms with Gasteiger partial charge in [-0.3, -0.25) is 0 Å². The molecule has 0 spiro atoms. The minimum Gasteiger partial charge on any atom is -0.411 e. The summed E-state index contributed by atoms with van der Waals surface area (Å²) in [5.74, 6) is 0.741. The van der Waals surface area contributed by atoms with Crippen LogP contribution < -0.4 is 0 Å². The molecule has 2 fully saturated rings.